The van der Waals surface area contributed by atoms with E-state index in [0.717, 1.165) is 44.5 Å². The number of carbonyl (C=O) groups excluding carboxylic acids is 1. The summed E-state index contributed by atoms with van der Waals surface area (Å²) in [5, 5.41) is 1.26. The summed E-state index contributed by atoms with van der Waals surface area (Å²) in [4.78, 5) is 15.1. The zero-order valence-electron chi connectivity index (χ0n) is 15.7. The SMILES string of the molecule is Cc1ccc2c(c1)c1c(n2CCc2ccccc2)C(=O)N(C)CCCC1. The van der Waals surface area contributed by atoms with Crippen LogP contribution in [0.2, 0.25) is 0 Å². The Labute approximate surface area is 155 Å². The molecule has 1 amide bonds. The smallest absolute Gasteiger partial charge is 0.270 e. The Hall–Kier alpha value is -2.55. The maximum absolute atomic E-state index is 13.2. The van der Waals surface area contributed by atoms with Gasteiger partial charge in [0.15, 0.2) is 0 Å². The van der Waals surface area contributed by atoms with Gasteiger partial charge in [-0.2, -0.15) is 0 Å². The van der Waals surface area contributed by atoms with Gasteiger partial charge in [-0.05, 0) is 55.9 Å². The molecule has 1 aliphatic heterocycles. The Morgan fingerprint density at radius 2 is 1.85 bits per heavy atom. The van der Waals surface area contributed by atoms with Crippen LogP contribution >= 0.6 is 0 Å². The lowest BCUT2D eigenvalue weighted by Crippen LogP contribution is -2.32. The Balaban J connectivity index is 1.84. The summed E-state index contributed by atoms with van der Waals surface area (Å²) in [7, 11) is 1.93. The molecule has 3 aromatic rings. The minimum atomic E-state index is 0.168. The van der Waals surface area contributed by atoms with Crippen molar-refractivity contribution < 1.29 is 4.79 Å². The molecule has 0 N–H and O–H groups in total. The molecule has 1 aliphatic rings. The number of benzene rings is 2. The van der Waals surface area contributed by atoms with E-state index in [2.05, 4.69) is 54.0 Å². The second kappa shape index (κ2) is 6.99. The van der Waals surface area contributed by atoms with Crippen LogP contribution < -0.4 is 0 Å². The Morgan fingerprint density at radius 3 is 2.65 bits per heavy atom. The Bertz CT molecular complexity index is 940. The van der Waals surface area contributed by atoms with Gasteiger partial charge in [-0.15, -0.1) is 0 Å². The van der Waals surface area contributed by atoms with Crippen molar-refractivity contribution in [3.63, 3.8) is 0 Å². The minimum absolute atomic E-state index is 0.168. The summed E-state index contributed by atoms with van der Waals surface area (Å²) in [6.45, 7) is 3.81. The van der Waals surface area contributed by atoms with Crippen LogP contribution in [0.25, 0.3) is 10.9 Å². The lowest BCUT2D eigenvalue weighted by atomic mass is 10.0. The molecule has 0 fully saturated rings. The van der Waals surface area contributed by atoms with Gasteiger partial charge in [0.25, 0.3) is 5.91 Å². The van der Waals surface area contributed by atoms with E-state index in [-0.39, 0.29) is 5.91 Å². The van der Waals surface area contributed by atoms with E-state index in [1.165, 1.54) is 27.6 Å². The zero-order chi connectivity index (χ0) is 18.1. The topological polar surface area (TPSA) is 25.2 Å². The van der Waals surface area contributed by atoms with E-state index in [4.69, 9.17) is 0 Å². The van der Waals surface area contributed by atoms with Crippen molar-refractivity contribution in [1.29, 1.82) is 0 Å². The maximum atomic E-state index is 13.2. The van der Waals surface area contributed by atoms with Crippen LogP contribution in [0.5, 0.6) is 0 Å². The number of fused-ring (bicyclic) bond motifs is 3. The van der Waals surface area contributed by atoms with E-state index < -0.39 is 0 Å². The second-order valence-corrected chi connectivity index (χ2v) is 7.42. The van der Waals surface area contributed by atoms with Gasteiger partial charge in [-0.3, -0.25) is 4.79 Å². The number of nitrogens with zero attached hydrogens (tertiary/aromatic N) is 2. The molecule has 0 unspecified atom stereocenters. The highest BCUT2D eigenvalue weighted by Gasteiger charge is 2.26. The van der Waals surface area contributed by atoms with Crippen LogP contribution in [0.1, 0.15) is 40.0 Å². The van der Waals surface area contributed by atoms with Crippen molar-refractivity contribution in [2.45, 2.75) is 39.2 Å². The lowest BCUT2D eigenvalue weighted by molar-refractivity contribution is 0.0777. The van der Waals surface area contributed by atoms with Crippen molar-refractivity contribution in [2.24, 2.45) is 0 Å². The van der Waals surface area contributed by atoms with Crippen molar-refractivity contribution >= 4 is 16.8 Å². The minimum Gasteiger partial charge on any atom is -0.340 e. The quantitative estimate of drug-likeness (QED) is 0.680. The Kier molecular flexibility index (Phi) is 4.54. The van der Waals surface area contributed by atoms with Gasteiger partial charge in [0.05, 0.1) is 0 Å². The third-order valence-electron chi connectivity index (χ3n) is 5.51. The fourth-order valence-corrected chi connectivity index (χ4v) is 4.09. The molecule has 0 atom stereocenters. The number of aryl methyl sites for hydroxylation is 4. The predicted molar refractivity (Wildman–Crippen MR) is 107 cm³/mol. The summed E-state index contributed by atoms with van der Waals surface area (Å²) < 4.78 is 2.27. The molecule has 0 spiro atoms. The molecule has 26 heavy (non-hydrogen) atoms. The summed E-state index contributed by atoms with van der Waals surface area (Å²) in [6.07, 6.45) is 4.13. The van der Waals surface area contributed by atoms with Gasteiger partial charge >= 0.3 is 0 Å². The largest absolute Gasteiger partial charge is 0.340 e. The number of aromatic nitrogens is 1. The van der Waals surface area contributed by atoms with Crippen LogP contribution in [-0.4, -0.2) is 29.0 Å². The van der Waals surface area contributed by atoms with Gasteiger partial charge in [-0.1, -0.05) is 42.0 Å². The summed E-state index contributed by atoms with van der Waals surface area (Å²) >= 11 is 0. The molecule has 0 saturated carbocycles. The molecule has 2 aromatic carbocycles. The highest BCUT2D eigenvalue weighted by atomic mass is 16.2. The zero-order valence-corrected chi connectivity index (χ0v) is 15.7. The number of rotatable bonds is 3. The molecule has 3 nitrogen and oxygen atoms in total. The van der Waals surface area contributed by atoms with Crippen LogP contribution in [0.15, 0.2) is 48.5 Å². The molecule has 1 aromatic heterocycles. The van der Waals surface area contributed by atoms with Gasteiger partial charge < -0.3 is 9.47 Å². The molecule has 3 heteroatoms. The highest BCUT2D eigenvalue weighted by molar-refractivity contribution is 6.02. The summed E-state index contributed by atoms with van der Waals surface area (Å²) in [6, 6.07) is 17.1. The molecule has 4 rings (SSSR count). The molecule has 0 aliphatic carbocycles. The van der Waals surface area contributed by atoms with Crippen LogP contribution in [-0.2, 0) is 19.4 Å². The molecule has 0 saturated heterocycles. The average Bonchev–Trinajstić information content (AvgIpc) is 2.94. The van der Waals surface area contributed by atoms with Crippen molar-refractivity contribution in [3.05, 3.63) is 70.9 Å². The lowest BCUT2D eigenvalue weighted by Gasteiger charge is -2.22. The molecular weight excluding hydrogens is 320 g/mol. The summed E-state index contributed by atoms with van der Waals surface area (Å²) in [5.41, 5.74) is 5.91. The van der Waals surface area contributed by atoms with Crippen molar-refractivity contribution in [1.82, 2.24) is 9.47 Å². The Morgan fingerprint density at radius 1 is 1.04 bits per heavy atom. The first-order valence-electron chi connectivity index (χ1n) is 9.56. The number of hydrogen-bond acceptors (Lipinski definition) is 1. The van der Waals surface area contributed by atoms with Crippen molar-refractivity contribution in [2.75, 3.05) is 13.6 Å². The van der Waals surface area contributed by atoms with E-state index in [9.17, 15) is 4.79 Å². The fraction of sp³-hybridized carbons (Fsp3) is 0.348. The van der Waals surface area contributed by atoms with Gasteiger partial charge in [-0.25, -0.2) is 0 Å². The maximum Gasteiger partial charge on any atom is 0.270 e. The standard InChI is InChI=1S/C23H26N2O/c1-17-11-12-21-20(16-17)19-10-6-7-14-24(2)23(26)22(19)25(21)15-13-18-8-4-3-5-9-18/h3-5,8-9,11-12,16H,6-7,10,13-15H2,1-2H3. The fourth-order valence-electron chi connectivity index (χ4n) is 4.09. The summed E-state index contributed by atoms with van der Waals surface area (Å²) in [5.74, 6) is 0.168. The first-order chi connectivity index (χ1) is 12.6. The van der Waals surface area contributed by atoms with Crippen molar-refractivity contribution in [3.8, 4) is 0 Å². The van der Waals surface area contributed by atoms with E-state index in [1.54, 1.807) is 0 Å². The van der Waals surface area contributed by atoms with E-state index >= 15 is 0 Å². The number of carbonyl (C=O) groups is 1. The second-order valence-electron chi connectivity index (χ2n) is 7.42. The van der Waals surface area contributed by atoms with E-state index in [1.807, 2.05) is 18.0 Å². The molecule has 0 bridgehead atoms. The van der Waals surface area contributed by atoms with Gasteiger partial charge in [0.1, 0.15) is 5.69 Å². The normalized spacial score (nSPS) is 15.0. The van der Waals surface area contributed by atoms with Gasteiger partial charge in [0.2, 0.25) is 0 Å². The molecule has 2 heterocycles. The van der Waals surface area contributed by atoms with Gasteiger partial charge in [0, 0.05) is 31.0 Å². The average molecular weight is 346 g/mol. The third kappa shape index (κ3) is 3.03. The molecular formula is C23H26N2O. The third-order valence-corrected chi connectivity index (χ3v) is 5.51. The highest BCUT2D eigenvalue weighted by Crippen LogP contribution is 2.31. The van der Waals surface area contributed by atoms with Crippen LogP contribution in [0, 0.1) is 6.92 Å². The first kappa shape index (κ1) is 16.9. The number of amides is 1. The van der Waals surface area contributed by atoms with E-state index in [0.29, 0.717) is 0 Å². The first-order valence-corrected chi connectivity index (χ1v) is 9.56. The molecule has 0 radical (unpaired) electrons. The predicted octanol–water partition coefficient (Wildman–Crippen LogP) is 4.60. The molecule has 134 valence electrons. The van der Waals surface area contributed by atoms with Crippen LogP contribution in [0.3, 0.4) is 0 Å². The number of hydrogen-bond donors (Lipinski definition) is 0. The van der Waals surface area contributed by atoms with Crippen LogP contribution in [0.4, 0.5) is 0 Å². The monoisotopic (exact) mass is 346 g/mol.